The van der Waals surface area contributed by atoms with Crippen LogP contribution in [0.4, 0.5) is 0 Å². The molecule has 388 valence electrons. The van der Waals surface area contributed by atoms with Gasteiger partial charge in [-0.05, 0) is 122 Å². The minimum Gasteiger partial charge on any atom is -0.394 e. The van der Waals surface area contributed by atoms with Gasteiger partial charge in [0.25, 0.3) is 0 Å². The lowest BCUT2D eigenvalue weighted by molar-refractivity contribution is -0.123. The van der Waals surface area contributed by atoms with Crippen LogP contribution in [0.2, 0.25) is 0 Å². The molecule has 3 N–H and O–H groups in total. The summed E-state index contributed by atoms with van der Waals surface area (Å²) in [5.41, 5.74) is 0. The van der Waals surface area contributed by atoms with Crippen LogP contribution in [-0.4, -0.2) is 34.9 Å². The first-order chi connectivity index (χ1) is 34.2. The number of carbonyl (C=O) groups excluding carboxylic acids is 1. The molecule has 0 fully saturated rings. The van der Waals surface area contributed by atoms with Crippen LogP contribution in [0.1, 0.15) is 226 Å². The van der Waals surface area contributed by atoms with Crippen LogP contribution in [0, 0.1) is 0 Å². The van der Waals surface area contributed by atoms with Crippen molar-refractivity contribution >= 4 is 5.91 Å². The molecule has 0 aromatic rings. The molecular formula is C65H105NO3. The Morgan fingerprint density at radius 2 is 0.652 bits per heavy atom. The zero-order valence-corrected chi connectivity index (χ0v) is 44.5. The highest BCUT2D eigenvalue weighted by molar-refractivity contribution is 5.76. The summed E-state index contributed by atoms with van der Waals surface area (Å²) in [5, 5.41) is 23.1. The van der Waals surface area contributed by atoms with Gasteiger partial charge in [-0.15, -0.1) is 0 Å². The number of carbonyl (C=O) groups is 1. The summed E-state index contributed by atoms with van der Waals surface area (Å²) in [7, 11) is 0. The Hall–Kier alpha value is -3.99. The number of aliphatic hydroxyl groups is 2. The Morgan fingerprint density at radius 3 is 1.01 bits per heavy atom. The van der Waals surface area contributed by atoms with Crippen molar-refractivity contribution in [1.82, 2.24) is 5.32 Å². The Morgan fingerprint density at radius 1 is 0.362 bits per heavy atom. The first-order valence-corrected chi connectivity index (χ1v) is 28.2. The van der Waals surface area contributed by atoms with E-state index in [9.17, 15) is 15.0 Å². The number of rotatable bonds is 49. The van der Waals surface area contributed by atoms with Gasteiger partial charge in [-0.25, -0.2) is 0 Å². The van der Waals surface area contributed by atoms with E-state index in [0.29, 0.717) is 6.42 Å². The fraction of sp³-hybridized carbons (Fsp3) is 0.585. The second kappa shape index (κ2) is 58.3. The van der Waals surface area contributed by atoms with Crippen molar-refractivity contribution in [3.05, 3.63) is 158 Å². The highest BCUT2D eigenvalue weighted by Crippen LogP contribution is 2.13. The molecular weight excluding hydrogens is 843 g/mol. The minimum absolute atomic E-state index is 0.0935. The summed E-state index contributed by atoms with van der Waals surface area (Å²) >= 11 is 0. The van der Waals surface area contributed by atoms with Crippen LogP contribution in [0.5, 0.6) is 0 Å². The highest BCUT2D eigenvalue weighted by Gasteiger charge is 2.17. The molecule has 69 heavy (non-hydrogen) atoms. The first kappa shape index (κ1) is 65.0. The van der Waals surface area contributed by atoms with Gasteiger partial charge in [0.2, 0.25) is 5.91 Å². The summed E-state index contributed by atoms with van der Waals surface area (Å²) in [5.74, 6) is -0.0935. The molecule has 0 aromatic carbocycles. The maximum absolute atomic E-state index is 12.5. The quantitative estimate of drug-likeness (QED) is 0.0420. The third-order valence-electron chi connectivity index (χ3n) is 11.7. The van der Waals surface area contributed by atoms with Crippen molar-refractivity contribution < 1.29 is 15.0 Å². The Bertz CT molecular complexity index is 1490. The largest absolute Gasteiger partial charge is 0.394 e. The SMILES string of the molecule is CC/C=C\C/C=C\C/C=C\C/C=C\C/C=C\C/C=C\C/C=C\C/C=C\C/C=C\C/C=C\CCCCCCCCCCC(=O)NC(CO)C(O)/C=C/CC/C=C/CC/C=C/CCCCCCCCCC. The number of unbranched alkanes of at least 4 members (excludes halogenated alkanes) is 18. The van der Waals surface area contributed by atoms with Crippen molar-refractivity contribution in [2.45, 2.75) is 238 Å². The fourth-order valence-corrected chi connectivity index (χ4v) is 7.47. The van der Waals surface area contributed by atoms with Crippen LogP contribution in [0.15, 0.2) is 158 Å². The summed E-state index contributed by atoms with van der Waals surface area (Å²) < 4.78 is 0. The summed E-state index contributed by atoms with van der Waals surface area (Å²) in [6, 6.07) is -0.662. The predicted molar refractivity (Wildman–Crippen MR) is 308 cm³/mol. The van der Waals surface area contributed by atoms with Crippen molar-refractivity contribution in [3.8, 4) is 0 Å². The summed E-state index contributed by atoms with van der Waals surface area (Å²) in [4.78, 5) is 12.5. The number of hydrogen-bond donors (Lipinski definition) is 3. The lowest BCUT2D eigenvalue weighted by Gasteiger charge is -2.19. The number of allylic oxidation sites excluding steroid dienone is 25. The maximum Gasteiger partial charge on any atom is 0.220 e. The molecule has 0 saturated heterocycles. The Balaban J connectivity index is 3.69. The van der Waals surface area contributed by atoms with Gasteiger partial charge in [0.15, 0.2) is 0 Å². The molecule has 0 radical (unpaired) electrons. The normalized spacial score (nSPS) is 14.1. The molecule has 0 aromatic heterocycles. The third-order valence-corrected chi connectivity index (χ3v) is 11.7. The van der Waals surface area contributed by atoms with Crippen molar-refractivity contribution in [1.29, 1.82) is 0 Å². The van der Waals surface area contributed by atoms with Gasteiger partial charge in [0.1, 0.15) is 0 Å². The van der Waals surface area contributed by atoms with E-state index in [1.807, 2.05) is 6.08 Å². The maximum atomic E-state index is 12.5. The Labute approximate surface area is 426 Å². The minimum atomic E-state index is -0.885. The van der Waals surface area contributed by atoms with Crippen LogP contribution in [-0.2, 0) is 4.79 Å². The number of nitrogens with one attached hydrogen (secondary N) is 1. The number of amides is 1. The van der Waals surface area contributed by atoms with Crippen molar-refractivity contribution in [2.24, 2.45) is 0 Å². The smallest absolute Gasteiger partial charge is 0.220 e. The number of hydrogen-bond acceptors (Lipinski definition) is 3. The molecule has 0 saturated carbocycles. The van der Waals surface area contributed by atoms with E-state index in [1.54, 1.807) is 6.08 Å². The lowest BCUT2D eigenvalue weighted by Crippen LogP contribution is -2.45. The van der Waals surface area contributed by atoms with Gasteiger partial charge in [-0.1, -0.05) is 255 Å². The van der Waals surface area contributed by atoms with Gasteiger partial charge in [-0.3, -0.25) is 4.79 Å². The first-order valence-electron chi connectivity index (χ1n) is 28.2. The standard InChI is InChI=1S/C65H105NO3/c1-3-5-7-9-11-13-15-17-19-21-23-24-25-26-27-28-29-30-31-32-33-34-35-36-37-38-39-40-41-42-43-45-47-49-51-53-55-57-59-61-65(69)66-63(62-67)64(68)60-58-56-54-52-50-48-46-44-22-20-18-16-14-12-10-8-6-4-2/h5,7,11,13,17,19,22-24,26-27,29-30,32-33,35-36,38-39,41-42,44,50,52,58,60,63-64,67-68H,3-4,6,8-10,12,14-16,18,20-21,25,28,31,34,37,40,43,45-49,51,53-57,59,61-62H2,1-2H3,(H,66,69)/b7-5-,13-11-,19-17-,24-23-,27-26-,30-29-,33-32-,36-35-,39-38-,42-41-,44-22+,52-50+,60-58+. The van der Waals surface area contributed by atoms with Crippen LogP contribution >= 0.6 is 0 Å². The summed E-state index contributed by atoms with van der Waals surface area (Å²) in [6.45, 7) is 4.16. The molecule has 0 spiro atoms. The van der Waals surface area contributed by atoms with E-state index < -0.39 is 12.1 Å². The lowest BCUT2D eigenvalue weighted by atomic mass is 10.1. The third kappa shape index (κ3) is 54.8. The molecule has 0 aliphatic carbocycles. The molecule has 0 rings (SSSR count). The van der Waals surface area contributed by atoms with Crippen LogP contribution < -0.4 is 5.32 Å². The zero-order valence-electron chi connectivity index (χ0n) is 44.5. The second-order valence-electron chi connectivity index (χ2n) is 18.2. The molecule has 4 heteroatoms. The van der Waals surface area contributed by atoms with Crippen LogP contribution in [0.25, 0.3) is 0 Å². The molecule has 0 aliphatic heterocycles. The van der Waals surface area contributed by atoms with E-state index in [1.165, 1.54) is 89.9 Å². The fourth-order valence-electron chi connectivity index (χ4n) is 7.47. The van der Waals surface area contributed by atoms with Gasteiger partial charge in [0.05, 0.1) is 18.8 Å². The van der Waals surface area contributed by atoms with Gasteiger partial charge in [-0.2, -0.15) is 0 Å². The predicted octanol–water partition coefficient (Wildman–Crippen LogP) is 19.0. The molecule has 4 nitrogen and oxygen atoms in total. The van der Waals surface area contributed by atoms with E-state index in [4.69, 9.17) is 0 Å². The summed E-state index contributed by atoms with van der Waals surface area (Å²) in [6.07, 6.45) is 93.9. The van der Waals surface area contributed by atoms with E-state index in [0.717, 1.165) is 116 Å². The van der Waals surface area contributed by atoms with Crippen LogP contribution in [0.3, 0.4) is 0 Å². The van der Waals surface area contributed by atoms with Gasteiger partial charge in [0, 0.05) is 6.42 Å². The zero-order chi connectivity index (χ0) is 49.9. The Kier molecular flexibility index (Phi) is 55.0. The van der Waals surface area contributed by atoms with E-state index in [-0.39, 0.29) is 12.5 Å². The van der Waals surface area contributed by atoms with Gasteiger partial charge >= 0.3 is 0 Å². The monoisotopic (exact) mass is 948 g/mol. The molecule has 1 amide bonds. The number of aliphatic hydroxyl groups excluding tert-OH is 2. The highest BCUT2D eigenvalue weighted by atomic mass is 16.3. The van der Waals surface area contributed by atoms with E-state index in [2.05, 4.69) is 165 Å². The molecule has 0 heterocycles. The average Bonchev–Trinajstić information content (AvgIpc) is 3.35. The average molecular weight is 949 g/mol. The van der Waals surface area contributed by atoms with Crippen molar-refractivity contribution in [3.63, 3.8) is 0 Å². The van der Waals surface area contributed by atoms with E-state index >= 15 is 0 Å². The molecule has 2 unspecified atom stereocenters. The van der Waals surface area contributed by atoms with Gasteiger partial charge < -0.3 is 15.5 Å². The topological polar surface area (TPSA) is 69.6 Å². The molecule has 0 bridgehead atoms. The molecule has 2 atom stereocenters. The second-order valence-corrected chi connectivity index (χ2v) is 18.2. The van der Waals surface area contributed by atoms with Crippen molar-refractivity contribution in [2.75, 3.05) is 6.61 Å². The molecule has 0 aliphatic rings.